The summed E-state index contributed by atoms with van der Waals surface area (Å²) in [6, 6.07) is 2.40. The van der Waals surface area contributed by atoms with Gasteiger partial charge in [0, 0.05) is 19.5 Å². The average molecular weight is 559 g/mol. The minimum absolute atomic E-state index is 0.0865. The Labute approximate surface area is 223 Å². The predicted molar refractivity (Wildman–Crippen MR) is 134 cm³/mol. The van der Waals surface area contributed by atoms with E-state index in [-0.39, 0.29) is 5.96 Å². The largest absolute Gasteiger partial charge is 0.452 e. The topological polar surface area (TPSA) is 183 Å². The van der Waals surface area contributed by atoms with Gasteiger partial charge < -0.3 is 25.6 Å². The van der Waals surface area contributed by atoms with Gasteiger partial charge in [-0.25, -0.2) is 9.79 Å². The van der Waals surface area contributed by atoms with E-state index in [1.165, 1.54) is 29.2 Å². The summed E-state index contributed by atoms with van der Waals surface area (Å²) in [5, 5.41) is 7.03. The lowest BCUT2D eigenvalue weighted by Gasteiger charge is -2.34. The number of nitrogens with one attached hydrogen (secondary N) is 4. The molecule has 1 fully saturated rings. The first kappa shape index (κ1) is 31.3. The van der Waals surface area contributed by atoms with Crippen molar-refractivity contribution in [2.75, 3.05) is 32.8 Å². The summed E-state index contributed by atoms with van der Waals surface area (Å²) in [4.78, 5) is 54.1. The molecule has 0 saturated carbocycles. The third-order valence-electron chi connectivity index (χ3n) is 5.73. The molecule has 15 heteroatoms. The fraction of sp³-hybridized carbons (Fsp3) is 0.542. The number of benzene rings is 1. The van der Waals surface area contributed by atoms with Crippen molar-refractivity contribution in [2.45, 2.75) is 45.5 Å². The molecule has 1 aromatic rings. The lowest BCUT2D eigenvalue weighted by molar-refractivity contribution is -0.356. The summed E-state index contributed by atoms with van der Waals surface area (Å²) in [7, 11) is 0. The lowest BCUT2D eigenvalue weighted by Crippen LogP contribution is -2.72. The molecule has 1 aliphatic heterocycles. The van der Waals surface area contributed by atoms with Gasteiger partial charge in [-0.05, 0) is 23.1 Å². The number of Topliss-reactive ketones (excluding diaryl/α,β-unsaturated/α-hetero) is 1. The number of ether oxygens (including phenoxy) is 1. The highest BCUT2D eigenvalue weighted by atomic mass is 19.4. The number of carbonyl (C=O) groups is 4. The van der Waals surface area contributed by atoms with Crippen molar-refractivity contribution in [3.63, 3.8) is 0 Å². The summed E-state index contributed by atoms with van der Waals surface area (Å²) in [6.45, 7) is 5.82. The number of hydrogen-bond acceptors (Lipinski definition) is 5. The summed E-state index contributed by atoms with van der Waals surface area (Å²) < 4.78 is 44.9. The Morgan fingerprint density at radius 2 is 1.62 bits per heavy atom. The van der Waals surface area contributed by atoms with E-state index in [0.717, 1.165) is 0 Å². The first-order chi connectivity index (χ1) is 18.1. The van der Waals surface area contributed by atoms with Crippen molar-refractivity contribution < 1.29 is 42.1 Å². The Kier molecular flexibility index (Phi) is 10.7. The Morgan fingerprint density at radius 1 is 1.03 bits per heavy atom. The van der Waals surface area contributed by atoms with E-state index in [9.17, 15) is 32.3 Å². The zero-order chi connectivity index (χ0) is 29.4. The number of alkyl halides is 3. The van der Waals surface area contributed by atoms with Gasteiger partial charge in [0.2, 0.25) is 11.8 Å². The summed E-state index contributed by atoms with van der Waals surface area (Å²) in [6.07, 6.45) is -5.66. The highest BCUT2D eigenvalue weighted by Crippen LogP contribution is 2.21. The van der Waals surface area contributed by atoms with Crippen LogP contribution in [-0.4, -0.2) is 85.6 Å². The van der Waals surface area contributed by atoms with Crippen molar-refractivity contribution in [1.29, 1.82) is 0 Å². The van der Waals surface area contributed by atoms with Crippen LogP contribution in [0.15, 0.2) is 24.3 Å². The molecular formula is C24H35F3N7O5+. The molecule has 12 nitrogen and oxygen atoms in total. The van der Waals surface area contributed by atoms with Crippen LogP contribution in [0.5, 0.6) is 0 Å². The molecule has 1 unspecified atom stereocenters. The van der Waals surface area contributed by atoms with Gasteiger partial charge in [-0.1, -0.05) is 32.9 Å². The van der Waals surface area contributed by atoms with E-state index in [4.69, 9.17) is 16.2 Å². The zero-order valence-electron chi connectivity index (χ0n) is 22.0. The number of nitrogens with zero attached hydrogens (tertiary/aromatic N) is 1. The van der Waals surface area contributed by atoms with Gasteiger partial charge in [0.25, 0.3) is 5.78 Å². The second-order valence-electron chi connectivity index (χ2n) is 10.0. The van der Waals surface area contributed by atoms with Crippen LogP contribution >= 0.6 is 0 Å². The van der Waals surface area contributed by atoms with Gasteiger partial charge in [0.05, 0.1) is 25.4 Å². The maximum absolute atomic E-state index is 13.2. The molecule has 39 heavy (non-hydrogen) atoms. The van der Waals surface area contributed by atoms with Crippen LogP contribution in [0.2, 0.25) is 0 Å². The summed E-state index contributed by atoms with van der Waals surface area (Å²) in [5.74, 6) is -3.95. The minimum atomic E-state index is -5.20. The van der Waals surface area contributed by atoms with E-state index in [2.05, 4.69) is 20.9 Å². The zero-order valence-corrected chi connectivity index (χ0v) is 22.0. The van der Waals surface area contributed by atoms with Gasteiger partial charge in [-0.15, -0.1) is 0 Å². The quantitative estimate of drug-likeness (QED) is 0.156. The molecule has 0 spiro atoms. The maximum atomic E-state index is 13.2. The van der Waals surface area contributed by atoms with Gasteiger partial charge in [0.1, 0.15) is 12.1 Å². The highest BCUT2D eigenvalue weighted by molar-refractivity contribution is 5.95. The molecule has 216 valence electrons. The monoisotopic (exact) mass is 558 g/mol. The Bertz CT molecular complexity index is 1060. The van der Waals surface area contributed by atoms with Crippen LogP contribution in [0.4, 0.5) is 23.7 Å². The van der Waals surface area contributed by atoms with E-state index in [1.54, 1.807) is 20.8 Å². The van der Waals surface area contributed by atoms with Gasteiger partial charge in [0.15, 0.2) is 0 Å². The molecule has 0 radical (unpaired) electrons. The number of hydrogen-bond donors (Lipinski definition) is 6. The highest BCUT2D eigenvalue weighted by Gasteiger charge is 2.44. The molecule has 1 saturated heterocycles. The van der Waals surface area contributed by atoms with Crippen molar-refractivity contribution in [1.82, 2.24) is 20.9 Å². The second kappa shape index (κ2) is 13.3. The van der Waals surface area contributed by atoms with Crippen LogP contribution in [0.1, 0.15) is 26.3 Å². The van der Waals surface area contributed by atoms with Crippen molar-refractivity contribution >= 4 is 35.3 Å². The number of amides is 4. The fourth-order valence-corrected chi connectivity index (χ4v) is 3.70. The molecule has 8 N–H and O–H groups in total. The Hall–Kier alpha value is -3.88. The first-order valence-electron chi connectivity index (χ1n) is 12.1. The SMILES string of the molecule is CC(C)(C)[C@@H](NC(=O)N1CCOCC1)C(=O)NCC(=O)NC(Cc1ccc([NH+]=C(N)N)cc1)C(=O)C(F)(F)F. The van der Waals surface area contributed by atoms with Crippen molar-refractivity contribution in [2.24, 2.45) is 16.9 Å². The first-order valence-corrected chi connectivity index (χ1v) is 12.1. The number of rotatable bonds is 9. The van der Waals surface area contributed by atoms with Crippen LogP contribution in [-0.2, 0) is 25.5 Å². The molecule has 0 aliphatic carbocycles. The average Bonchev–Trinajstić information content (AvgIpc) is 2.85. The van der Waals surface area contributed by atoms with Gasteiger partial charge >= 0.3 is 18.2 Å². The molecule has 1 aliphatic rings. The predicted octanol–water partition coefficient (Wildman–Crippen LogP) is -1.60. The summed E-state index contributed by atoms with van der Waals surface area (Å²) in [5.41, 5.74) is 10.7. The molecule has 1 heterocycles. The number of nitrogens with two attached hydrogens (primary N) is 2. The molecule has 2 rings (SSSR count). The van der Waals surface area contributed by atoms with Crippen LogP contribution < -0.4 is 32.4 Å². The minimum Gasteiger partial charge on any atom is -0.378 e. The van der Waals surface area contributed by atoms with Crippen LogP contribution in [0, 0.1) is 5.41 Å². The van der Waals surface area contributed by atoms with Crippen LogP contribution in [0.25, 0.3) is 0 Å². The fourth-order valence-electron chi connectivity index (χ4n) is 3.70. The van der Waals surface area contributed by atoms with Gasteiger partial charge in [-0.3, -0.25) is 25.9 Å². The molecule has 2 atom stereocenters. The number of ketones is 1. The number of guanidine groups is 1. The van der Waals surface area contributed by atoms with E-state index in [0.29, 0.717) is 37.6 Å². The van der Waals surface area contributed by atoms with Crippen molar-refractivity contribution in [3.8, 4) is 0 Å². The van der Waals surface area contributed by atoms with Crippen LogP contribution in [0.3, 0.4) is 0 Å². The lowest BCUT2D eigenvalue weighted by atomic mass is 9.86. The molecule has 1 aromatic carbocycles. The van der Waals surface area contributed by atoms with Crippen molar-refractivity contribution in [3.05, 3.63) is 29.8 Å². The molecular weight excluding hydrogens is 523 g/mol. The number of urea groups is 1. The number of halogens is 3. The Balaban J connectivity index is 2.06. The smallest absolute Gasteiger partial charge is 0.378 e. The third kappa shape index (κ3) is 10.1. The maximum Gasteiger partial charge on any atom is 0.452 e. The van der Waals surface area contributed by atoms with E-state index >= 15 is 0 Å². The molecule has 0 bridgehead atoms. The third-order valence-corrected chi connectivity index (χ3v) is 5.73. The molecule has 0 aromatic heterocycles. The second-order valence-corrected chi connectivity index (χ2v) is 10.0. The Morgan fingerprint density at radius 3 is 2.13 bits per heavy atom. The van der Waals surface area contributed by atoms with Gasteiger partial charge in [-0.2, -0.15) is 13.2 Å². The normalized spacial score (nSPS) is 15.5. The molecule has 4 amide bonds. The van der Waals surface area contributed by atoms with E-state index < -0.39 is 60.3 Å². The van der Waals surface area contributed by atoms with E-state index in [1.807, 2.05) is 0 Å². The standard InChI is InChI=1S/C24H34F3N7O5/c1-23(2,3)18(33-22(38)34-8-10-39-11-9-34)20(37)30-13-17(35)32-16(19(36)24(25,26)27)12-14-4-6-15(7-5-14)31-21(28)29/h4-7,16,18H,8-13H2,1-3H3,(H,30,37)(H,32,35)(H,33,38)(H4,28,29,31)/p+1/t16?,18-/m0/s1. The summed E-state index contributed by atoms with van der Waals surface area (Å²) >= 11 is 0. The number of morpholine rings is 1. The number of carbonyl (C=O) groups excluding carboxylic acids is 4.